The molecule has 0 bridgehead atoms. The Balaban J connectivity index is 2.04. The SMILES string of the molecule is C[C@H](O)CNCCc1ccco1. The van der Waals surface area contributed by atoms with Crippen molar-refractivity contribution in [3.63, 3.8) is 0 Å². The van der Waals surface area contributed by atoms with Crippen LogP contribution in [0.25, 0.3) is 0 Å². The Bertz CT molecular complexity index is 194. The Morgan fingerprint density at radius 3 is 3.08 bits per heavy atom. The molecule has 0 aliphatic heterocycles. The standard InChI is InChI=1S/C9H15NO2/c1-8(11)7-10-5-4-9-3-2-6-12-9/h2-3,6,8,10-11H,4-5,7H2,1H3/t8-/m0/s1. The average Bonchev–Trinajstić information content (AvgIpc) is 2.49. The number of nitrogens with one attached hydrogen (secondary N) is 1. The molecule has 0 aromatic carbocycles. The third-order valence-electron chi connectivity index (χ3n) is 1.57. The maximum Gasteiger partial charge on any atom is 0.105 e. The molecule has 2 N–H and O–H groups in total. The highest BCUT2D eigenvalue weighted by atomic mass is 16.3. The highest BCUT2D eigenvalue weighted by Crippen LogP contribution is 1.99. The van der Waals surface area contributed by atoms with Gasteiger partial charge in [0.15, 0.2) is 0 Å². The zero-order valence-corrected chi connectivity index (χ0v) is 7.29. The molecule has 1 aromatic rings. The van der Waals surface area contributed by atoms with E-state index in [0.29, 0.717) is 6.54 Å². The highest BCUT2D eigenvalue weighted by Gasteiger charge is 1.96. The molecule has 1 rings (SSSR count). The Labute approximate surface area is 72.4 Å². The van der Waals surface area contributed by atoms with Gasteiger partial charge in [-0.05, 0) is 19.1 Å². The third-order valence-corrected chi connectivity index (χ3v) is 1.57. The topological polar surface area (TPSA) is 45.4 Å². The fourth-order valence-corrected chi connectivity index (χ4v) is 0.977. The van der Waals surface area contributed by atoms with Crippen LogP contribution in [-0.4, -0.2) is 24.3 Å². The Hall–Kier alpha value is -0.800. The van der Waals surface area contributed by atoms with E-state index in [1.807, 2.05) is 12.1 Å². The highest BCUT2D eigenvalue weighted by molar-refractivity contribution is 4.98. The molecule has 0 radical (unpaired) electrons. The predicted octanol–water partition coefficient (Wildman–Crippen LogP) is 0.792. The van der Waals surface area contributed by atoms with Gasteiger partial charge in [0.05, 0.1) is 12.4 Å². The van der Waals surface area contributed by atoms with Crippen molar-refractivity contribution in [1.29, 1.82) is 0 Å². The summed E-state index contributed by atoms with van der Waals surface area (Å²) in [5.74, 6) is 0.980. The molecule has 3 nitrogen and oxygen atoms in total. The quantitative estimate of drug-likeness (QED) is 0.641. The summed E-state index contributed by atoms with van der Waals surface area (Å²) in [5, 5.41) is 12.0. The van der Waals surface area contributed by atoms with E-state index in [2.05, 4.69) is 5.32 Å². The number of hydrogen-bond donors (Lipinski definition) is 2. The third kappa shape index (κ3) is 3.55. The van der Waals surface area contributed by atoms with Crippen molar-refractivity contribution in [3.8, 4) is 0 Å². The first-order chi connectivity index (χ1) is 5.79. The van der Waals surface area contributed by atoms with Gasteiger partial charge < -0.3 is 14.8 Å². The predicted molar refractivity (Wildman–Crippen MR) is 47.0 cm³/mol. The van der Waals surface area contributed by atoms with Crippen molar-refractivity contribution in [2.75, 3.05) is 13.1 Å². The summed E-state index contributed by atoms with van der Waals surface area (Å²) in [6.07, 6.45) is 2.27. The lowest BCUT2D eigenvalue weighted by Gasteiger charge is -2.04. The lowest BCUT2D eigenvalue weighted by atomic mass is 10.3. The van der Waals surface area contributed by atoms with Crippen LogP contribution in [0.2, 0.25) is 0 Å². The molecule has 68 valence electrons. The summed E-state index contributed by atoms with van der Waals surface area (Å²) in [6.45, 7) is 3.25. The first-order valence-corrected chi connectivity index (χ1v) is 4.20. The van der Waals surface area contributed by atoms with Gasteiger partial charge in [0.1, 0.15) is 5.76 Å². The van der Waals surface area contributed by atoms with Crippen LogP contribution < -0.4 is 5.32 Å². The second kappa shape index (κ2) is 4.95. The van der Waals surface area contributed by atoms with Crippen LogP contribution in [0.1, 0.15) is 12.7 Å². The van der Waals surface area contributed by atoms with Crippen molar-refractivity contribution in [3.05, 3.63) is 24.2 Å². The maximum atomic E-state index is 8.92. The van der Waals surface area contributed by atoms with Crippen molar-refractivity contribution in [2.45, 2.75) is 19.4 Å². The Kier molecular flexibility index (Phi) is 3.84. The van der Waals surface area contributed by atoms with Gasteiger partial charge in [-0.2, -0.15) is 0 Å². The molecule has 0 aliphatic rings. The van der Waals surface area contributed by atoms with Gasteiger partial charge in [0, 0.05) is 19.5 Å². The normalized spacial score (nSPS) is 13.2. The van der Waals surface area contributed by atoms with E-state index in [9.17, 15) is 0 Å². The molecule has 1 atom stereocenters. The van der Waals surface area contributed by atoms with E-state index in [1.165, 1.54) is 0 Å². The molecule has 0 amide bonds. The van der Waals surface area contributed by atoms with E-state index in [4.69, 9.17) is 9.52 Å². The molecule has 1 aromatic heterocycles. The molecule has 12 heavy (non-hydrogen) atoms. The van der Waals surface area contributed by atoms with Crippen LogP contribution in [0.4, 0.5) is 0 Å². The van der Waals surface area contributed by atoms with E-state index in [0.717, 1.165) is 18.7 Å². The Morgan fingerprint density at radius 1 is 1.67 bits per heavy atom. The smallest absolute Gasteiger partial charge is 0.105 e. The second-order valence-corrected chi connectivity index (χ2v) is 2.88. The van der Waals surface area contributed by atoms with Gasteiger partial charge in [0.2, 0.25) is 0 Å². The number of hydrogen-bond acceptors (Lipinski definition) is 3. The number of rotatable bonds is 5. The molecule has 0 spiro atoms. The summed E-state index contributed by atoms with van der Waals surface area (Å²) >= 11 is 0. The lowest BCUT2D eigenvalue weighted by Crippen LogP contribution is -2.26. The maximum absolute atomic E-state index is 8.92. The van der Waals surface area contributed by atoms with Crippen molar-refractivity contribution < 1.29 is 9.52 Å². The van der Waals surface area contributed by atoms with Crippen LogP contribution in [0.5, 0.6) is 0 Å². The van der Waals surface area contributed by atoms with E-state index in [1.54, 1.807) is 13.2 Å². The second-order valence-electron chi connectivity index (χ2n) is 2.88. The largest absolute Gasteiger partial charge is 0.469 e. The summed E-state index contributed by atoms with van der Waals surface area (Å²) in [7, 11) is 0. The van der Waals surface area contributed by atoms with Crippen molar-refractivity contribution in [2.24, 2.45) is 0 Å². The molecule has 0 aliphatic carbocycles. The lowest BCUT2D eigenvalue weighted by molar-refractivity contribution is 0.191. The summed E-state index contributed by atoms with van der Waals surface area (Å²) < 4.78 is 5.14. The monoisotopic (exact) mass is 169 g/mol. The van der Waals surface area contributed by atoms with Crippen LogP contribution in [-0.2, 0) is 6.42 Å². The number of aliphatic hydroxyl groups is 1. The fraction of sp³-hybridized carbons (Fsp3) is 0.556. The average molecular weight is 169 g/mol. The summed E-state index contributed by atoms with van der Waals surface area (Å²) in [5.41, 5.74) is 0. The molecule has 0 fully saturated rings. The van der Waals surface area contributed by atoms with E-state index < -0.39 is 0 Å². The van der Waals surface area contributed by atoms with E-state index >= 15 is 0 Å². The molecule has 1 heterocycles. The summed E-state index contributed by atoms with van der Waals surface area (Å²) in [4.78, 5) is 0. The molecule has 0 saturated carbocycles. The minimum atomic E-state index is -0.276. The van der Waals surface area contributed by atoms with Crippen LogP contribution in [0.3, 0.4) is 0 Å². The van der Waals surface area contributed by atoms with Gasteiger partial charge in [-0.1, -0.05) is 0 Å². The van der Waals surface area contributed by atoms with Crippen LogP contribution >= 0.6 is 0 Å². The summed E-state index contributed by atoms with van der Waals surface area (Å²) in [6, 6.07) is 3.83. The van der Waals surface area contributed by atoms with Gasteiger partial charge in [-0.15, -0.1) is 0 Å². The zero-order chi connectivity index (χ0) is 8.81. The molecule has 0 unspecified atom stereocenters. The minimum Gasteiger partial charge on any atom is -0.469 e. The van der Waals surface area contributed by atoms with Gasteiger partial charge >= 0.3 is 0 Å². The zero-order valence-electron chi connectivity index (χ0n) is 7.29. The first-order valence-electron chi connectivity index (χ1n) is 4.20. The molecule has 0 saturated heterocycles. The van der Waals surface area contributed by atoms with E-state index in [-0.39, 0.29) is 6.10 Å². The number of aliphatic hydroxyl groups excluding tert-OH is 1. The molecular weight excluding hydrogens is 154 g/mol. The minimum absolute atomic E-state index is 0.276. The van der Waals surface area contributed by atoms with Crippen LogP contribution in [0, 0.1) is 0 Å². The van der Waals surface area contributed by atoms with Gasteiger partial charge in [-0.3, -0.25) is 0 Å². The van der Waals surface area contributed by atoms with Gasteiger partial charge in [-0.25, -0.2) is 0 Å². The molecule has 3 heteroatoms. The van der Waals surface area contributed by atoms with Crippen molar-refractivity contribution in [1.82, 2.24) is 5.32 Å². The molecular formula is C9H15NO2. The number of furan rings is 1. The van der Waals surface area contributed by atoms with Crippen molar-refractivity contribution >= 4 is 0 Å². The Morgan fingerprint density at radius 2 is 2.50 bits per heavy atom. The van der Waals surface area contributed by atoms with Gasteiger partial charge in [0.25, 0.3) is 0 Å². The van der Waals surface area contributed by atoms with Crippen LogP contribution in [0.15, 0.2) is 22.8 Å². The first kappa shape index (κ1) is 9.29. The fourth-order valence-electron chi connectivity index (χ4n) is 0.977.